The molecule has 0 saturated carbocycles. The molecule has 0 spiro atoms. The maximum Gasteiger partial charge on any atom is 0.244 e. The fourth-order valence-corrected chi connectivity index (χ4v) is 2.74. The number of hydrogen-bond donors (Lipinski definition) is 4. The van der Waals surface area contributed by atoms with Crippen LogP contribution in [0.2, 0.25) is 0 Å². The van der Waals surface area contributed by atoms with Crippen LogP contribution in [0.1, 0.15) is 18.4 Å². The van der Waals surface area contributed by atoms with Crippen molar-refractivity contribution in [1.82, 2.24) is 16.1 Å². The van der Waals surface area contributed by atoms with Crippen LogP contribution in [0.4, 0.5) is 0 Å². The Labute approximate surface area is 130 Å². The summed E-state index contributed by atoms with van der Waals surface area (Å²) in [6.45, 7) is 2.17. The molecule has 6 heteroatoms. The van der Waals surface area contributed by atoms with Crippen molar-refractivity contribution >= 4 is 11.7 Å². The molecule has 2 rings (SSSR count). The van der Waals surface area contributed by atoms with Crippen LogP contribution in [0.25, 0.3) is 0 Å². The Morgan fingerprint density at radius 3 is 2.68 bits per heavy atom. The van der Waals surface area contributed by atoms with Gasteiger partial charge in [-0.05, 0) is 18.4 Å². The number of Topliss-reactive ketones (excluding diaryl/α,β-unsaturated/α-hetero) is 1. The third kappa shape index (κ3) is 4.91. The third-order valence-electron chi connectivity index (χ3n) is 3.97. The molecule has 1 aromatic rings. The number of hydroxylamine groups is 1. The van der Waals surface area contributed by atoms with Gasteiger partial charge < -0.3 is 10.6 Å². The van der Waals surface area contributed by atoms with Crippen molar-refractivity contribution < 1.29 is 14.8 Å². The van der Waals surface area contributed by atoms with E-state index in [0.29, 0.717) is 13.0 Å². The minimum Gasteiger partial charge on any atom is -0.313 e. The van der Waals surface area contributed by atoms with Gasteiger partial charge in [-0.2, -0.15) is 0 Å². The molecule has 0 radical (unpaired) electrons. The quantitative estimate of drug-likeness (QED) is 0.429. The van der Waals surface area contributed by atoms with Crippen molar-refractivity contribution in [2.75, 3.05) is 19.6 Å². The molecule has 0 aliphatic carbocycles. The first-order valence-electron chi connectivity index (χ1n) is 7.65. The van der Waals surface area contributed by atoms with E-state index < -0.39 is 11.8 Å². The Morgan fingerprint density at radius 1 is 1.27 bits per heavy atom. The lowest BCUT2D eigenvalue weighted by Gasteiger charge is -2.27. The van der Waals surface area contributed by atoms with Crippen LogP contribution < -0.4 is 16.1 Å². The molecule has 1 aliphatic heterocycles. The maximum atomic E-state index is 12.6. The van der Waals surface area contributed by atoms with Crippen molar-refractivity contribution in [1.29, 1.82) is 0 Å². The van der Waals surface area contributed by atoms with Gasteiger partial charge in [0.15, 0.2) is 5.78 Å². The average Bonchev–Trinajstić information content (AvgIpc) is 2.59. The van der Waals surface area contributed by atoms with Crippen LogP contribution in [0, 0.1) is 5.92 Å². The topological polar surface area (TPSA) is 90.5 Å². The SMILES string of the molecule is O=C(C[C@@H](CCc1ccccc1)C(=O)[C@@H]1CNCCN1)NO. The summed E-state index contributed by atoms with van der Waals surface area (Å²) < 4.78 is 0. The molecule has 22 heavy (non-hydrogen) atoms. The Bertz CT molecular complexity index is 487. The second kappa shape index (κ2) is 8.63. The molecule has 6 nitrogen and oxygen atoms in total. The lowest BCUT2D eigenvalue weighted by atomic mass is 9.88. The molecule has 1 fully saturated rings. The van der Waals surface area contributed by atoms with Gasteiger partial charge in [-0.1, -0.05) is 30.3 Å². The Morgan fingerprint density at radius 2 is 2.05 bits per heavy atom. The highest BCUT2D eigenvalue weighted by Crippen LogP contribution is 2.17. The summed E-state index contributed by atoms with van der Waals surface area (Å²) in [5.41, 5.74) is 2.76. The molecule has 0 aromatic heterocycles. The van der Waals surface area contributed by atoms with Crippen LogP contribution >= 0.6 is 0 Å². The first kappa shape index (κ1) is 16.6. The molecule has 1 heterocycles. The summed E-state index contributed by atoms with van der Waals surface area (Å²) in [5, 5.41) is 15.1. The smallest absolute Gasteiger partial charge is 0.244 e. The summed E-state index contributed by atoms with van der Waals surface area (Å²) in [6, 6.07) is 9.62. The number of carbonyl (C=O) groups excluding carboxylic acids is 2. The monoisotopic (exact) mass is 305 g/mol. The van der Waals surface area contributed by atoms with Crippen molar-refractivity contribution in [3.05, 3.63) is 35.9 Å². The number of hydrogen-bond acceptors (Lipinski definition) is 5. The lowest BCUT2D eigenvalue weighted by Crippen LogP contribution is -2.54. The summed E-state index contributed by atoms with van der Waals surface area (Å²) >= 11 is 0. The zero-order valence-corrected chi connectivity index (χ0v) is 12.5. The number of amides is 1. The number of benzene rings is 1. The standard InChI is InChI=1S/C16H23N3O3/c20-15(19-22)10-13(7-6-12-4-2-1-3-5-12)16(21)14-11-17-8-9-18-14/h1-5,13-14,17-18,22H,6-11H2,(H,19,20)/t13-,14+/m1/s1. The minimum atomic E-state index is -0.518. The van der Waals surface area contributed by atoms with Crippen LogP contribution in [0.3, 0.4) is 0 Å². The molecule has 1 saturated heterocycles. The Kier molecular flexibility index (Phi) is 6.51. The highest BCUT2D eigenvalue weighted by Gasteiger charge is 2.29. The van der Waals surface area contributed by atoms with E-state index in [0.717, 1.165) is 25.1 Å². The van der Waals surface area contributed by atoms with Crippen LogP contribution in [-0.2, 0) is 16.0 Å². The largest absolute Gasteiger partial charge is 0.313 e. The summed E-state index contributed by atoms with van der Waals surface area (Å²) in [4.78, 5) is 24.1. The molecule has 1 aromatic carbocycles. The van der Waals surface area contributed by atoms with E-state index in [1.807, 2.05) is 30.3 Å². The lowest BCUT2D eigenvalue weighted by molar-refractivity contribution is -0.135. The van der Waals surface area contributed by atoms with E-state index in [9.17, 15) is 9.59 Å². The van der Waals surface area contributed by atoms with E-state index in [4.69, 9.17) is 5.21 Å². The van der Waals surface area contributed by atoms with Crippen molar-refractivity contribution in [3.63, 3.8) is 0 Å². The van der Waals surface area contributed by atoms with Crippen LogP contribution in [0.15, 0.2) is 30.3 Å². The molecule has 0 bridgehead atoms. The highest BCUT2D eigenvalue weighted by molar-refractivity contribution is 5.90. The van der Waals surface area contributed by atoms with Gasteiger partial charge in [0.05, 0.1) is 6.04 Å². The molecular formula is C16H23N3O3. The first-order chi connectivity index (χ1) is 10.7. The normalized spacial score (nSPS) is 19.4. The van der Waals surface area contributed by atoms with Crippen LogP contribution in [0.5, 0.6) is 0 Å². The summed E-state index contributed by atoms with van der Waals surface area (Å²) in [7, 11) is 0. The number of carbonyl (C=O) groups is 2. The van der Waals surface area contributed by atoms with Gasteiger partial charge in [-0.3, -0.25) is 14.8 Å². The van der Waals surface area contributed by atoms with Gasteiger partial charge in [-0.15, -0.1) is 0 Å². The molecule has 0 unspecified atom stereocenters. The average molecular weight is 305 g/mol. The van der Waals surface area contributed by atoms with Crippen molar-refractivity contribution in [3.8, 4) is 0 Å². The first-order valence-corrected chi connectivity index (χ1v) is 7.65. The summed E-state index contributed by atoms with van der Waals surface area (Å²) in [5.74, 6) is -0.883. The van der Waals surface area contributed by atoms with Crippen molar-refractivity contribution in [2.24, 2.45) is 5.92 Å². The molecular weight excluding hydrogens is 282 g/mol. The molecule has 120 valence electrons. The number of rotatable bonds is 7. The number of ketones is 1. The maximum absolute atomic E-state index is 12.6. The predicted octanol–water partition coefficient (Wildman–Crippen LogP) is 0.261. The minimum absolute atomic E-state index is 0.0142. The van der Waals surface area contributed by atoms with E-state index in [2.05, 4.69) is 10.6 Å². The van der Waals surface area contributed by atoms with Gasteiger partial charge >= 0.3 is 0 Å². The summed E-state index contributed by atoms with van der Waals surface area (Å²) in [6.07, 6.45) is 1.34. The molecule has 1 aliphatic rings. The van der Waals surface area contributed by atoms with E-state index in [-0.39, 0.29) is 18.2 Å². The number of piperazine rings is 1. The van der Waals surface area contributed by atoms with E-state index >= 15 is 0 Å². The fraction of sp³-hybridized carbons (Fsp3) is 0.500. The van der Waals surface area contributed by atoms with Crippen LogP contribution in [-0.4, -0.2) is 42.6 Å². The van der Waals surface area contributed by atoms with Gasteiger partial charge in [0.2, 0.25) is 5.91 Å². The highest BCUT2D eigenvalue weighted by atomic mass is 16.5. The van der Waals surface area contributed by atoms with Gasteiger partial charge in [0.1, 0.15) is 0 Å². The van der Waals surface area contributed by atoms with Gasteiger partial charge in [-0.25, -0.2) is 5.48 Å². The number of aryl methyl sites for hydroxylation is 1. The zero-order chi connectivity index (χ0) is 15.8. The Hall–Kier alpha value is -1.76. The van der Waals surface area contributed by atoms with Gasteiger partial charge in [0, 0.05) is 32.0 Å². The van der Waals surface area contributed by atoms with E-state index in [1.54, 1.807) is 5.48 Å². The molecule has 4 N–H and O–H groups in total. The fourth-order valence-electron chi connectivity index (χ4n) is 2.74. The van der Waals surface area contributed by atoms with E-state index in [1.165, 1.54) is 0 Å². The van der Waals surface area contributed by atoms with Crippen molar-refractivity contribution in [2.45, 2.75) is 25.3 Å². The second-order valence-corrected chi connectivity index (χ2v) is 5.57. The molecule has 1 amide bonds. The number of nitrogens with one attached hydrogen (secondary N) is 3. The predicted molar refractivity (Wildman–Crippen MR) is 82.5 cm³/mol. The second-order valence-electron chi connectivity index (χ2n) is 5.57. The molecule has 2 atom stereocenters. The third-order valence-corrected chi connectivity index (χ3v) is 3.97. The Balaban J connectivity index is 1.98. The zero-order valence-electron chi connectivity index (χ0n) is 12.5. The van der Waals surface area contributed by atoms with Gasteiger partial charge in [0.25, 0.3) is 0 Å².